The fraction of sp³-hybridized carbons (Fsp3) is 0.917. The number of amides is 1. The standard InChI is InChI=1S/C6H13NO2.C6H12/c1-6(2,3)9-5(8)7-4;1-2-4-6-5-3-1/h1-4H3,(H,7,8);1-6H2. The summed E-state index contributed by atoms with van der Waals surface area (Å²) in [6, 6.07) is 0. The van der Waals surface area contributed by atoms with Gasteiger partial charge in [0.05, 0.1) is 0 Å². The van der Waals surface area contributed by atoms with Crippen molar-refractivity contribution in [2.24, 2.45) is 0 Å². The largest absolute Gasteiger partial charge is 0.444 e. The number of nitrogens with one attached hydrogen (secondary N) is 1. The van der Waals surface area contributed by atoms with E-state index in [2.05, 4.69) is 5.32 Å². The third-order valence-corrected chi connectivity index (χ3v) is 2.10. The Morgan fingerprint density at radius 2 is 1.33 bits per heavy atom. The maximum Gasteiger partial charge on any atom is 0.407 e. The van der Waals surface area contributed by atoms with Gasteiger partial charge in [-0.2, -0.15) is 0 Å². The third-order valence-electron chi connectivity index (χ3n) is 2.10. The summed E-state index contributed by atoms with van der Waals surface area (Å²) in [4.78, 5) is 10.5. The number of hydrogen-bond acceptors (Lipinski definition) is 2. The van der Waals surface area contributed by atoms with Crippen molar-refractivity contribution >= 4 is 6.09 Å². The van der Waals surface area contributed by atoms with Crippen molar-refractivity contribution in [1.82, 2.24) is 5.32 Å². The predicted octanol–water partition coefficient (Wildman–Crippen LogP) is 3.48. The Balaban J connectivity index is 0.000000280. The normalized spacial score (nSPS) is 16.0. The molecule has 0 heterocycles. The Labute approximate surface area is 93.6 Å². The lowest BCUT2D eigenvalue weighted by Gasteiger charge is -2.18. The minimum Gasteiger partial charge on any atom is -0.444 e. The molecule has 0 spiro atoms. The van der Waals surface area contributed by atoms with Crippen LogP contribution in [-0.2, 0) is 4.74 Å². The monoisotopic (exact) mass is 215 g/mol. The summed E-state index contributed by atoms with van der Waals surface area (Å²) in [5, 5.41) is 2.36. The minimum absolute atomic E-state index is 0.387. The molecule has 0 bridgehead atoms. The van der Waals surface area contributed by atoms with Crippen LogP contribution >= 0.6 is 0 Å². The van der Waals surface area contributed by atoms with Crippen molar-refractivity contribution in [2.75, 3.05) is 7.05 Å². The van der Waals surface area contributed by atoms with E-state index in [1.165, 1.54) is 45.6 Å². The highest BCUT2D eigenvalue weighted by molar-refractivity contribution is 5.67. The van der Waals surface area contributed by atoms with E-state index in [-0.39, 0.29) is 11.7 Å². The molecule has 15 heavy (non-hydrogen) atoms. The van der Waals surface area contributed by atoms with Crippen LogP contribution in [0.25, 0.3) is 0 Å². The van der Waals surface area contributed by atoms with Gasteiger partial charge in [0.15, 0.2) is 0 Å². The lowest BCUT2D eigenvalue weighted by Crippen LogP contribution is -2.30. The van der Waals surface area contributed by atoms with Crippen LogP contribution in [0.1, 0.15) is 59.3 Å². The van der Waals surface area contributed by atoms with Crippen LogP contribution in [0.3, 0.4) is 0 Å². The van der Waals surface area contributed by atoms with E-state index in [0.717, 1.165) is 0 Å². The van der Waals surface area contributed by atoms with E-state index < -0.39 is 0 Å². The SMILES string of the molecule is C1CCCCC1.CNC(=O)OC(C)(C)C. The molecule has 1 aliphatic carbocycles. The van der Waals surface area contributed by atoms with Gasteiger partial charge in [0.1, 0.15) is 5.60 Å². The Hall–Kier alpha value is -0.730. The van der Waals surface area contributed by atoms with Gasteiger partial charge in [-0.25, -0.2) is 4.79 Å². The molecule has 1 aliphatic rings. The van der Waals surface area contributed by atoms with Crippen LogP contribution in [0.5, 0.6) is 0 Å². The van der Waals surface area contributed by atoms with Crippen LogP contribution in [-0.4, -0.2) is 18.7 Å². The summed E-state index contributed by atoms with van der Waals surface area (Å²) in [5.74, 6) is 0. The molecule has 1 saturated carbocycles. The predicted molar refractivity (Wildman–Crippen MR) is 63.0 cm³/mol. The zero-order chi connectivity index (χ0) is 11.7. The van der Waals surface area contributed by atoms with Gasteiger partial charge in [-0.1, -0.05) is 38.5 Å². The maximum atomic E-state index is 10.5. The number of ether oxygens (including phenoxy) is 1. The van der Waals surface area contributed by atoms with Gasteiger partial charge in [0.2, 0.25) is 0 Å². The lowest BCUT2D eigenvalue weighted by atomic mass is 10.0. The van der Waals surface area contributed by atoms with E-state index in [4.69, 9.17) is 4.74 Å². The Morgan fingerprint density at radius 1 is 1.00 bits per heavy atom. The first-order chi connectivity index (χ1) is 6.95. The van der Waals surface area contributed by atoms with E-state index in [0.29, 0.717) is 0 Å². The quantitative estimate of drug-likeness (QED) is 0.672. The van der Waals surface area contributed by atoms with Crippen LogP contribution in [0, 0.1) is 0 Å². The summed E-state index contributed by atoms with van der Waals surface area (Å²) in [7, 11) is 1.54. The first-order valence-corrected chi connectivity index (χ1v) is 5.86. The summed E-state index contributed by atoms with van der Waals surface area (Å²) < 4.78 is 4.84. The smallest absolute Gasteiger partial charge is 0.407 e. The Bertz CT molecular complexity index is 157. The summed E-state index contributed by atoms with van der Waals surface area (Å²) in [6.07, 6.45) is 8.61. The average Bonchev–Trinajstić information content (AvgIpc) is 2.19. The van der Waals surface area contributed by atoms with Crippen molar-refractivity contribution in [3.8, 4) is 0 Å². The summed E-state index contributed by atoms with van der Waals surface area (Å²) in [5.41, 5.74) is -0.389. The highest BCUT2D eigenvalue weighted by Gasteiger charge is 2.13. The molecule has 0 saturated heterocycles. The van der Waals surface area contributed by atoms with Crippen LogP contribution in [0.2, 0.25) is 0 Å². The molecule has 1 fully saturated rings. The van der Waals surface area contributed by atoms with Gasteiger partial charge in [0, 0.05) is 7.05 Å². The minimum atomic E-state index is -0.389. The summed E-state index contributed by atoms with van der Waals surface area (Å²) >= 11 is 0. The molecule has 0 aromatic heterocycles. The maximum absolute atomic E-state index is 10.5. The third kappa shape index (κ3) is 11.2. The van der Waals surface area contributed by atoms with Gasteiger partial charge in [-0.05, 0) is 20.8 Å². The van der Waals surface area contributed by atoms with Crippen LogP contribution in [0.15, 0.2) is 0 Å². The van der Waals surface area contributed by atoms with E-state index >= 15 is 0 Å². The van der Waals surface area contributed by atoms with Gasteiger partial charge in [0.25, 0.3) is 0 Å². The molecule has 1 N–H and O–H groups in total. The fourth-order valence-electron chi connectivity index (χ4n) is 1.39. The molecule has 3 heteroatoms. The fourth-order valence-corrected chi connectivity index (χ4v) is 1.39. The molecule has 0 aliphatic heterocycles. The number of hydrogen-bond donors (Lipinski definition) is 1. The molecule has 1 amide bonds. The number of alkyl carbamates (subject to hydrolysis) is 1. The zero-order valence-corrected chi connectivity index (χ0v) is 10.6. The van der Waals surface area contributed by atoms with Crippen molar-refractivity contribution in [1.29, 1.82) is 0 Å². The van der Waals surface area contributed by atoms with Crippen molar-refractivity contribution in [3.63, 3.8) is 0 Å². The zero-order valence-electron chi connectivity index (χ0n) is 10.6. The first-order valence-electron chi connectivity index (χ1n) is 5.86. The Kier molecular flexibility index (Phi) is 7.18. The second-order valence-electron chi connectivity index (χ2n) is 4.87. The van der Waals surface area contributed by atoms with E-state index in [1.807, 2.05) is 20.8 Å². The van der Waals surface area contributed by atoms with E-state index in [1.54, 1.807) is 0 Å². The topological polar surface area (TPSA) is 38.3 Å². The average molecular weight is 215 g/mol. The molecule has 0 atom stereocenters. The van der Waals surface area contributed by atoms with Crippen molar-refractivity contribution in [3.05, 3.63) is 0 Å². The van der Waals surface area contributed by atoms with Crippen molar-refractivity contribution < 1.29 is 9.53 Å². The lowest BCUT2D eigenvalue weighted by molar-refractivity contribution is 0.0541. The second kappa shape index (κ2) is 7.55. The van der Waals surface area contributed by atoms with Crippen LogP contribution < -0.4 is 5.32 Å². The molecule has 0 unspecified atom stereocenters. The van der Waals surface area contributed by atoms with Gasteiger partial charge >= 0.3 is 6.09 Å². The molecule has 0 radical (unpaired) electrons. The van der Waals surface area contributed by atoms with Crippen molar-refractivity contribution in [2.45, 2.75) is 64.9 Å². The first kappa shape index (κ1) is 14.3. The number of rotatable bonds is 0. The molecule has 0 aromatic carbocycles. The van der Waals surface area contributed by atoms with Gasteiger partial charge in [-0.3, -0.25) is 0 Å². The molecule has 90 valence electrons. The summed E-state index contributed by atoms with van der Waals surface area (Å²) in [6.45, 7) is 5.46. The molecule has 3 nitrogen and oxygen atoms in total. The highest BCUT2D eigenvalue weighted by Crippen LogP contribution is 2.15. The molecule has 1 rings (SSSR count). The highest BCUT2D eigenvalue weighted by atomic mass is 16.6. The molecule has 0 aromatic rings. The number of carbonyl (C=O) groups is 1. The van der Waals surface area contributed by atoms with E-state index in [9.17, 15) is 4.79 Å². The van der Waals surface area contributed by atoms with Gasteiger partial charge in [-0.15, -0.1) is 0 Å². The molecular formula is C12H25NO2. The second-order valence-corrected chi connectivity index (χ2v) is 4.87. The molecular weight excluding hydrogens is 190 g/mol. The van der Waals surface area contributed by atoms with Crippen LogP contribution in [0.4, 0.5) is 4.79 Å². The number of carbonyl (C=O) groups excluding carboxylic acids is 1. The Morgan fingerprint density at radius 3 is 1.47 bits per heavy atom. The van der Waals surface area contributed by atoms with Gasteiger partial charge < -0.3 is 10.1 Å².